The zero-order valence-corrected chi connectivity index (χ0v) is 51.9. The summed E-state index contributed by atoms with van der Waals surface area (Å²) in [7, 11) is 0. The molecule has 0 amide bonds. The molecule has 0 aromatic carbocycles. The van der Waals surface area contributed by atoms with E-state index in [2.05, 4.69) is 93.7 Å². The smallest absolute Gasteiger partial charge is 0.306 e. The topological polar surface area (TPSA) is 78.9 Å². The molecule has 0 heterocycles. The zero-order valence-electron chi connectivity index (χ0n) is 51.9. The summed E-state index contributed by atoms with van der Waals surface area (Å²) < 4.78 is 16.9. The molecule has 0 bridgehead atoms. The van der Waals surface area contributed by atoms with E-state index < -0.39 is 6.10 Å². The van der Waals surface area contributed by atoms with Crippen LogP contribution in [0, 0.1) is 0 Å². The van der Waals surface area contributed by atoms with Crippen LogP contribution in [0.15, 0.2) is 72.9 Å². The van der Waals surface area contributed by atoms with E-state index in [0.717, 1.165) is 122 Å². The molecule has 0 rings (SSSR count). The summed E-state index contributed by atoms with van der Waals surface area (Å²) in [5, 5.41) is 0. The average Bonchev–Trinajstić information content (AvgIpc) is 3.44. The quantitative estimate of drug-likeness (QED) is 0.0261. The predicted octanol–water partition coefficient (Wildman–Crippen LogP) is 23.3. The van der Waals surface area contributed by atoms with Gasteiger partial charge in [0.25, 0.3) is 0 Å². The van der Waals surface area contributed by atoms with Crippen molar-refractivity contribution in [1.82, 2.24) is 0 Å². The van der Waals surface area contributed by atoms with Gasteiger partial charge in [0, 0.05) is 19.3 Å². The lowest BCUT2D eigenvalue weighted by Crippen LogP contribution is -2.30. The Labute approximate surface area is 484 Å². The maximum Gasteiger partial charge on any atom is 0.306 e. The van der Waals surface area contributed by atoms with E-state index in [1.54, 1.807) is 0 Å². The maximum atomic E-state index is 12.9. The van der Waals surface area contributed by atoms with E-state index >= 15 is 0 Å². The summed E-state index contributed by atoms with van der Waals surface area (Å²) >= 11 is 0. The van der Waals surface area contributed by atoms with E-state index in [-0.39, 0.29) is 31.1 Å². The molecule has 0 aliphatic rings. The molecule has 1 unspecified atom stereocenters. The molecule has 6 nitrogen and oxygen atoms in total. The van der Waals surface area contributed by atoms with Gasteiger partial charge in [0.2, 0.25) is 0 Å². The van der Waals surface area contributed by atoms with Crippen molar-refractivity contribution in [2.24, 2.45) is 0 Å². The molecule has 0 fully saturated rings. The number of carbonyl (C=O) groups is 3. The van der Waals surface area contributed by atoms with Crippen molar-refractivity contribution in [3.63, 3.8) is 0 Å². The molecule has 0 spiro atoms. The Hall–Kier alpha value is -3.15. The number of carbonyl (C=O) groups excluding carboxylic acids is 3. The minimum absolute atomic E-state index is 0.0837. The van der Waals surface area contributed by atoms with Crippen LogP contribution >= 0.6 is 0 Å². The molecular formula is C72H128O6. The summed E-state index contributed by atoms with van der Waals surface area (Å²) in [6, 6.07) is 0. The number of unbranched alkanes of at least 4 members (excludes halogenated alkanes) is 39. The lowest BCUT2D eigenvalue weighted by atomic mass is 10.0. The number of hydrogen-bond donors (Lipinski definition) is 0. The standard InChI is InChI=1S/C72H128O6/c1-4-7-10-13-16-19-22-25-28-30-32-34-35-36-38-39-41-44-47-50-53-56-59-62-65-71(74)77-68-69(67-76-70(73)64-61-58-55-52-49-46-43-27-24-21-18-15-12-9-6-3)78-72(75)66-63-60-57-54-51-48-45-42-40-37-33-31-29-26-23-20-17-14-11-8-5-2/h9,12,18,21,23,26-27,31,33,40,42-43,69H,4-8,10-11,13-17,19-20,22,24-25,28-30,32,34-39,41,44-68H2,1-3H3/b12-9-,21-18-,26-23-,33-31-,42-40-,43-27-. The van der Waals surface area contributed by atoms with Gasteiger partial charge in [0.1, 0.15) is 13.2 Å². The predicted molar refractivity (Wildman–Crippen MR) is 339 cm³/mol. The molecule has 452 valence electrons. The van der Waals surface area contributed by atoms with Crippen LogP contribution in [-0.4, -0.2) is 37.2 Å². The zero-order chi connectivity index (χ0) is 56.4. The Balaban J connectivity index is 4.34. The van der Waals surface area contributed by atoms with Gasteiger partial charge in [-0.05, 0) is 89.9 Å². The Bertz CT molecular complexity index is 1440. The van der Waals surface area contributed by atoms with Gasteiger partial charge in [0.05, 0.1) is 0 Å². The van der Waals surface area contributed by atoms with Gasteiger partial charge in [-0.3, -0.25) is 14.4 Å². The maximum absolute atomic E-state index is 12.9. The van der Waals surface area contributed by atoms with E-state index in [1.807, 2.05) is 0 Å². The monoisotopic (exact) mass is 1090 g/mol. The van der Waals surface area contributed by atoms with Crippen LogP contribution in [0.25, 0.3) is 0 Å². The van der Waals surface area contributed by atoms with Crippen LogP contribution in [0.2, 0.25) is 0 Å². The van der Waals surface area contributed by atoms with Crippen LogP contribution in [0.1, 0.15) is 348 Å². The van der Waals surface area contributed by atoms with Crippen LogP contribution in [0.3, 0.4) is 0 Å². The largest absolute Gasteiger partial charge is 0.462 e. The normalized spacial score (nSPS) is 12.5. The lowest BCUT2D eigenvalue weighted by Gasteiger charge is -2.18. The van der Waals surface area contributed by atoms with Gasteiger partial charge in [-0.1, -0.05) is 312 Å². The fourth-order valence-corrected chi connectivity index (χ4v) is 9.88. The minimum atomic E-state index is -0.790. The highest BCUT2D eigenvalue weighted by Gasteiger charge is 2.19. The summed E-state index contributed by atoms with van der Waals surface area (Å²) in [6.45, 7) is 6.54. The highest BCUT2D eigenvalue weighted by atomic mass is 16.6. The number of hydrogen-bond acceptors (Lipinski definition) is 6. The van der Waals surface area contributed by atoms with Gasteiger partial charge in [-0.2, -0.15) is 0 Å². The van der Waals surface area contributed by atoms with Crippen molar-refractivity contribution < 1.29 is 28.6 Å². The van der Waals surface area contributed by atoms with Crippen molar-refractivity contribution in [2.75, 3.05) is 13.2 Å². The number of allylic oxidation sites excluding steroid dienone is 12. The van der Waals surface area contributed by atoms with Crippen LogP contribution in [0.4, 0.5) is 0 Å². The van der Waals surface area contributed by atoms with Crippen molar-refractivity contribution in [3.05, 3.63) is 72.9 Å². The molecule has 78 heavy (non-hydrogen) atoms. The molecule has 0 aromatic heterocycles. The van der Waals surface area contributed by atoms with Gasteiger partial charge < -0.3 is 14.2 Å². The van der Waals surface area contributed by atoms with E-state index in [9.17, 15) is 14.4 Å². The van der Waals surface area contributed by atoms with Crippen molar-refractivity contribution in [1.29, 1.82) is 0 Å². The molecule has 0 saturated heterocycles. The SMILES string of the molecule is CC/C=C\C/C=C\C/C=C\CCCCCCCC(=O)OCC(COC(=O)CCCCCCCCCCCCCCCCCCCCCCCCCC)OC(=O)CCCCCCCC/C=C\C/C=C\C/C=C\CCCCCCC. The molecule has 0 aliphatic heterocycles. The molecule has 0 saturated carbocycles. The number of rotatable bonds is 62. The molecule has 0 N–H and O–H groups in total. The van der Waals surface area contributed by atoms with Gasteiger partial charge in [-0.15, -0.1) is 0 Å². The molecular weight excluding hydrogens is 961 g/mol. The molecule has 0 aromatic rings. The highest BCUT2D eigenvalue weighted by molar-refractivity contribution is 5.71. The Morgan fingerprint density at radius 3 is 0.782 bits per heavy atom. The molecule has 0 aliphatic carbocycles. The third-order valence-electron chi connectivity index (χ3n) is 14.9. The average molecular weight is 1090 g/mol. The number of esters is 3. The van der Waals surface area contributed by atoms with Crippen molar-refractivity contribution in [2.45, 2.75) is 354 Å². The fourth-order valence-electron chi connectivity index (χ4n) is 9.88. The van der Waals surface area contributed by atoms with Crippen LogP contribution in [0.5, 0.6) is 0 Å². The second-order valence-electron chi connectivity index (χ2n) is 22.7. The highest BCUT2D eigenvalue weighted by Crippen LogP contribution is 2.18. The van der Waals surface area contributed by atoms with E-state index in [0.29, 0.717) is 19.3 Å². The summed E-state index contributed by atoms with van der Waals surface area (Å²) in [4.78, 5) is 38.4. The summed E-state index contributed by atoms with van der Waals surface area (Å²) in [6.07, 6.45) is 86.3. The summed E-state index contributed by atoms with van der Waals surface area (Å²) in [5.74, 6) is -0.896. The fraction of sp³-hybridized carbons (Fsp3) is 0.792. The molecule has 6 heteroatoms. The Kier molecular flexibility index (Phi) is 63.7. The lowest BCUT2D eigenvalue weighted by molar-refractivity contribution is -0.167. The van der Waals surface area contributed by atoms with Crippen molar-refractivity contribution in [3.8, 4) is 0 Å². The first kappa shape index (κ1) is 74.8. The first-order valence-electron chi connectivity index (χ1n) is 33.9. The van der Waals surface area contributed by atoms with E-state index in [4.69, 9.17) is 14.2 Å². The summed E-state index contributed by atoms with van der Waals surface area (Å²) in [5.41, 5.74) is 0. The molecule has 0 radical (unpaired) electrons. The second-order valence-corrected chi connectivity index (χ2v) is 22.7. The minimum Gasteiger partial charge on any atom is -0.462 e. The number of ether oxygens (including phenoxy) is 3. The van der Waals surface area contributed by atoms with E-state index in [1.165, 1.54) is 186 Å². The van der Waals surface area contributed by atoms with Gasteiger partial charge >= 0.3 is 17.9 Å². The van der Waals surface area contributed by atoms with Crippen molar-refractivity contribution >= 4 is 17.9 Å². The Morgan fingerprint density at radius 2 is 0.500 bits per heavy atom. The second kappa shape index (κ2) is 66.4. The Morgan fingerprint density at radius 1 is 0.269 bits per heavy atom. The first-order chi connectivity index (χ1) is 38.5. The molecule has 1 atom stereocenters. The van der Waals surface area contributed by atoms with Crippen LogP contribution < -0.4 is 0 Å². The third kappa shape index (κ3) is 63.7. The van der Waals surface area contributed by atoms with Gasteiger partial charge in [-0.25, -0.2) is 0 Å². The van der Waals surface area contributed by atoms with Crippen LogP contribution in [-0.2, 0) is 28.6 Å². The first-order valence-corrected chi connectivity index (χ1v) is 33.9. The van der Waals surface area contributed by atoms with Gasteiger partial charge in [0.15, 0.2) is 6.10 Å². The third-order valence-corrected chi connectivity index (χ3v) is 14.9.